The molecule has 110 valence electrons. The molecule has 2 rings (SSSR count). The van der Waals surface area contributed by atoms with Crippen LogP contribution < -0.4 is 10.5 Å². The van der Waals surface area contributed by atoms with E-state index in [0.717, 1.165) is 25.7 Å². The smallest absolute Gasteiger partial charge is 0.168 e. The lowest BCUT2D eigenvalue weighted by atomic mass is 9.78. The molecule has 0 aromatic heterocycles. The van der Waals surface area contributed by atoms with Crippen LogP contribution in [-0.4, -0.2) is 18.4 Å². The van der Waals surface area contributed by atoms with Gasteiger partial charge in [0, 0.05) is 18.4 Å². The van der Waals surface area contributed by atoms with Crippen molar-refractivity contribution in [1.82, 2.24) is 0 Å². The summed E-state index contributed by atoms with van der Waals surface area (Å²) in [6.45, 7) is 0. The first-order chi connectivity index (χ1) is 9.54. The first-order valence-corrected chi connectivity index (χ1v) is 7.16. The molecule has 1 aliphatic rings. The lowest BCUT2D eigenvalue weighted by molar-refractivity contribution is -0.119. The van der Waals surface area contributed by atoms with Gasteiger partial charge in [-0.1, -0.05) is 31.4 Å². The molecule has 0 atom stereocenters. The highest BCUT2D eigenvalue weighted by molar-refractivity contribution is 5.82. The summed E-state index contributed by atoms with van der Waals surface area (Å²) in [5.74, 6) is -0.268. The van der Waals surface area contributed by atoms with Crippen molar-refractivity contribution in [3.63, 3.8) is 0 Å². The minimum atomic E-state index is -0.446. The molecule has 0 amide bonds. The van der Waals surface area contributed by atoms with Crippen molar-refractivity contribution in [3.05, 3.63) is 29.6 Å². The Labute approximate surface area is 119 Å². The summed E-state index contributed by atoms with van der Waals surface area (Å²) in [5, 5.41) is 0. The van der Waals surface area contributed by atoms with Crippen LogP contribution in [0.4, 0.5) is 4.39 Å². The molecular formula is C16H22FNO2. The number of benzene rings is 1. The van der Waals surface area contributed by atoms with E-state index < -0.39 is 5.82 Å². The van der Waals surface area contributed by atoms with Crippen molar-refractivity contribution in [2.24, 2.45) is 5.73 Å². The van der Waals surface area contributed by atoms with E-state index >= 15 is 0 Å². The van der Waals surface area contributed by atoms with Crippen molar-refractivity contribution in [2.75, 3.05) is 7.11 Å². The van der Waals surface area contributed by atoms with Crippen LogP contribution in [0.15, 0.2) is 18.2 Å². The average Bonchev–Trinajstić information content (AvgIpc) is 2.41. The third-order valence-electron chi connectivity index (χ3n) is 4.05. The number of carbonyl (C=O) groups excluding carboxylic acids is 1. The highest BCUT2D eigenvalue weighted by Crippen LogP contribution is 2.29. The Kier molecular flexibility index (Phi) is 4.76. The summed E-state index contributed by atoms with van der Waals surface area (Å²) in [4.78, 5) is 12.2. The molecule has 20 heavy (non-hydrogen) atoms. The maximum Gasteiger partial charge on any atom is 0.168 e. The lowest BCUT2D eigenvalue weighted by Crippen LogP contribution is -2.43. The Balaban J connectivity index is 2.01. The van der Waals surface area contributed by atoms with Gasteiger partial charge in [-0.05, 0) is 24.5 Å². The molecule has 1 aromatic rings. The minimum Gasteiger partial charge on any atom is -0.494 e. The summed E-state index contributed by atoms with van der Waals surface area (Å²) in [7, 11) is 1.42. The van der Waals surface area contributed by atoms with E-state index in [2.05, 4.69) is 0 Å². The Morgan fingerprint density at radius 2 is 2.05 bits per heavy atom. The van der Waals surface area contributed by atoms with Gasteiger partial charge in [-0.2, -0.15) is 0 Å². The highest BCUT2D eigenvalue weighted by atomic mass is 19.1. The molecule has 0 heterocycles. The van der Waals surface area contributed by atoms with Gasteiger partial charge in [-0.3, -0.25) is 4.79 Å². The number of halogens is 1. The van der Waals surface area contributed by atoms with Crippen molar-refractivity contribution in [3.8, 4) is 5.75 Å². The van der Waals surface area contributed by atoms with Crippen LogP contribution in [0.3, 0.4) is 0 Å². The van der Waals surface area contributed by atoms with Crippen LogP contribution in [0.25, 0.3) is 0 Å². The van der Waals surface area contributed by atoms with E-state index in [0.29, 0.717) is 12.0 Å². The number of hydrogen-bond acceptors (Lipinski definition) is 3. The van der Waals surface area contributed by atoms with Crippen LogP contribution in [0, 0.1) is 5.82 Å². The van der Waals surface area contributed by atoms with E-state index in [1.54, 1.807) is 18.2 Å². The van der Waals surface area contributed by atoms with Gasteiger partial charge in [-0.25, -0.2) is 4.39 Å². The van der Waals surface area contributed by atoms with Gasteiger partial charge < -0.3 is 10.5 Å². The molecule has 1 saturated carbocycles. The lowest BCUT2D eigenvalue weighted by Gasteiger charge is -2.32. The van der Waals surface area contributed by atoms with Gasteiger partial charge in [0.05, 0.1) is 7.11 Å². The number of ketones is 1. The molecule has 0 spiro atoms. The van der Waals surface area contributed by atoms with Crippen LogP contribution in [-0.2, 0) is 11.2 Å². The summed E-state index contributed by atoms with van der Waals surface area (Å²) in [5.41, 5.74) is 6.27. The Hall–Kier alpha value is -1.42. The van der Waals surface area contributed by atoms with Crippen LogP contribution in [0.2, 0.25) is 0 Å². The van der Waals surface area contributed by atoms with Gasteiger partial charge in [0.25, 0.3) is 0 Å². The standard InChI is InChI=1S/C16H22FNO2/c1-20-14-7-5-6-12(15(14)17)10-13(19)11-16(18)8-3-2-4-9-16/h5-7H,2-4,8-11,18H2,1H3. The molecular weight excluding hydrogens is 257 g/mol. The molecule has 0 radical (unpaired) electrons. The van der Waals surface area contributed by atoms with E-state index in [4.69, 9.17) is 10.5 Å². The van der Waals surface area contributed by atoms with E-state index in [1.165, 1.54) is 13.5 Å². The number of ether oxygens (including phenoxy) is 1. The van der Waals surface area contributed by atoms with Gasteiger partial charge in [-0.15, -0.1) is 0 Å². The number of Topliss-reactive ketones (excluding diaryl/α,β-unsaturated/α-hetero) is 1. The fourth-order valence-corrected chi connectivity index (χ4v) is 2.95. The van der Waals surface area contributed by atoms with E-state index in [-0.39, 0.29) is 23.5 Å². The Morgan fingerprint density at radius 1 is 1.35 bits per heavy atom. The van der Waals surface area contributed by atoms with Crippen LogP contribution >= 0.6 is 0 Å². The van der Waals surface area contributed by atoms with Crippen molar-refractivity contribution < 1.29 is 13.9 Å². The summed E-state index contributed by atoms with van der Waals surface area (Å²) in [6.07, 6.45) is 5.55. The Morgan fingerprint density at radius 3 is 2.70 bits per heavy atom. The van der Waals surface area contributed by atoms with Crippen molar-refractivity contribution >= 4 is 5.78 Å². The summed E-state index contributed by atoms with van der Waals surface area (Å²) >= 11 is 0. The minimum absolute atomic E-state index is 0.00144. The zero-order valence-electron chi connectivity index (χ0n) is 12.0. The molecule has 1 aliphatic carbocycles. The summed E-state index contributed by atoms with van der Waals surface area (Å²) < 4.78 is 18.9. The van der Waals surface area contributed by atoms with Crippen molar-refractivity contribution in [2.45, 2.75) is 50.5 Å². The summed E-state index contributed by atoms with van der Waals surface area (Å²) in [6, 6.07) is 4.87. The van der Waals surface area contributed by atoms with Gasteiger partial charge in [0.15, 0.2) is 11.6 Å². The molecule has 1 aromatic carbocycles. The SMILES string of the molecule is COc1cccc(CC(=O)CC2(N)CCCCC2)c1F. The second-order valence-corrected chi connectivity index (χ2v) is 5.75. The quantitative estimate of drug-likeness (QED) is 0.901. The normalized spacial score (nSPS) is 17.8. The van der Waals surface area contributed by atoms with Crippen LogP contribution in [0.1, 0.15) is 44.1 Å². The molecule has 0 saturated heterocycles. The first kappa shape index (κ1) is 15.0. The number of nitrogens with two attached hydrogens (primary N) is 1. The maximum absolute atomic E-state index is 14.0. The number of rotatable bonds is 5. The molecule has 0 bridgehead atoms. The fraction of sp³-hybridized carbons (Fsp3) is 0.562. The monoisotopic (exact) mass is 279 g/mol. The molecule has 0 unspecified atom stereocenters. The van der Waals surface area contributed by atoms with Gasteiger partial charge >= 0.3 is 0 Å². The fourth-order valence-electron chi connectivity index (χ4n) is 2.95. The topological polar surface area (TPSA) is 52.3 Å². The predicted octanol–water partition coefficient (Wildman–Crippen LogP) is 3.00. The average molecular weight is 279 g/mol. The highest BCUT2D eigenvalue weighted by Gasteiger charge is 2.30. The first-order valence-electron chi connectivity index (χ1n) is 7.16. The number of methoxy groups -OCH3 is 1. The zero-order valence-corrected chi connectivity index (χ0v) is 12.0. The molecule has 2 N–H and O–H groups in total. The van der Waals surface area contributed by atoms with Crippen molar-refractivity contribution in [1.29, 1.82) is 0 Å². The van der Waals surface area contributed by atoms with Gasteiger partial charge in [0.1, 0.15) is 5.78 Å². The Bertz CT molecular complexity index is 481. The second-order valence-electron chi connectivity index (χ2n) is 5.75. The third kappa shape index (κ3) is 3.57. The van der Waals surface area contributed by atoms with E-state index in [9.17, 15) is 9.18 Å². The maximum atomic E-state index is 14.0. The number of carbonyl (C=O) groups is 1. The largest absolute Gasteiger partial charge is 0.494 e. The van der Waals surface area contributed by atoms with Gasteiger partial charge in [0.2, 0.25) is 0 Å². The molecule has 1 fully saturated rings. The molecule has 3 nitrogen and oxygen atoms in total. The number of hydrogen-bond donors (Lipinski definition) is 1. The zero-order chi connectivity index (χ0) is 14.6. The molecule has 4 heteroatoms. The molecule has 0 aliphatic heterocycles. The third-order valence-corrected chi connectivity index (χ3v) is 4.05. The van der Waals surface area contributed by atoms with E-state index in [1.807, 2.05) is 0 Å². The van der Waals surface area contributed by atoms with Crippen LogP contribution in [0.5, 0.6) is 5.75 Å². The predicted molar refractivity (Wildman–Crippen MR) is 76.3 cm³/mol. The second kappa shape index (κ2) is 6.35.